The first kappa shape index (κ1) is 14.0. The van der Waals surface area contributed by atoms with E-state index >= 15 is 0 Å². The Morgan fingerprint density at radius 2 is 2.15 bits per heavy atom. The molecule has 2 N–H and O–H groups in total. The van der Waals surface area contributed by atoms with Gasteiger partial charge < -0.3 is 10.3 Å². The van der Waals surface area contributed by atoms with Gasteiger partial charge in [-0.05, 0) is 39.3 Å². The number of aryl methyl sites for hydroxylation is 1. The Balaban J connectivity index is 1.68. The highest BCUT2D eigenvalue weighted by Crippen LogP contribution is 2.27. The molecule has 1 aromatic rings. The molecule has 112 valence electrons. The molecule has 0 aromatic carbocycles. The van der Waals surface area contributed by atoms with Crippen molar-refractivity contribution in [2.24, 2.45) is 5.73 Å². The summed E-state index contributed by atoms with van der Waals surface area (Å²) in [5.74, 6) is 0. The lowest BCUT2D eigenvalue weighted by molar-refractivity contribution is 0.198. The van der Waals surface area contributed by atoms with Crippen LogP contribution in [-0.4, -0.2) is 58.1 Å². The Hall–Kier alpha value is -0.910. The van der Waals surface area contributed by atoms with E-state index in [0.29, 0.717) is 12.6 Å². The molecule has 3 rings (SSSR count). The van der Waals surface area contributed by atoms with Crippen molar-refractivity contribution < 1.29 is 0 Å². The lowest BCUT2D eigenvalue weighted by Gasteiger charge is -2.29. The van der Waals surface area contributed by atoms with E-state index in [1.807, 2.05) is 12.5 Å². The first-order valence-electron chi connectivity index (χ1n) is 8.01. The Labute approximate surface area is 121 Å². The number of imidazole rings is 1. The van der Waals surface area contributed by atoms with E-state index < -0.39 is 0 Å². The molecule has 5 heteroatoms. The molecule has 5 nitrogen and oxygen atoms in total. The van der Waals surface area contributed by atoms with E-state index in [9.17, 15) is 0 Å². The van der Waals surface area contributed by atoms with Crippen molar-refractivity contribution in [2.75, 3.05) is 32.7 Å². The average Bonchev–Trinajstić information content (AvgIpc) is 3.21. The summed E-state index contributed by atoms with van der Waals surface area (Å²) in [5.41, 5.74) is 7.34. The molecule has 0 spiro atoms. The molecule has 2 fully saturated rings. The second-order valence-corrected chi connectivity index (χ2v) is 6.04. The summed E-state index contributed by atoms with van der Waals surface area (Å²) in [6.45, 7) is 8.72. The van der Waals surface area contributed by atoms with Crippen LogP contribution in [0.2, 0.25) is 0 Å². The minimum atomic E-state index is 0.324. The van der Waals surface area contributed by atoms with E-state index in [1.165, 1.54) is 38.0 Å². The molecule has 20 heavy (non-hydrogen) atoms. The maximum Gasteiger partial charge on any atom is 0.0948 e. The third kappa shape index (κ3) is 2.62. The van der Waals surface area contributed by atoms with Crippen LogP contribution in [-0.2, 0) is 6.54 Å². The second kappa shape index (κ2) is 6.24. The maximum atomic E-state index is 6.07. The van der Waals surface area contributed by atoms with Crippen molar-refractivity contribution in [3.8, 4) is 0 Å². The second-order valence-electron chi connectivity index (χ2n) is 6.04. The fourth-order valence-corrected chi connectivity index (χ4v) is 3.79. The molecule has 0 amide bonds. The van der Waals surface area contributed by atoms with Gasteiger partial charge in [0.1, 0.15) is 0 Å². The predicted octanol–water partition coefficient (Wildman–Crippen LogP) is 1.07. The smallest absolute Gasteiger partial charge is 0.0948 e. The van der Waals surface area contributed by atoms with Gasteiger partial charge in [0.2, 0.25) is 0 Å². The Morgan fingerprint density at radius 1 is 1.35 bits per heavy atom. The Kier molecular flexibility index (Phi) is 4.38. The third-order valence-corrected chi connectivity index (χ3v) is 4.94. The van der Waals surface area contributed by atoms with Crippen LogP contribution in [0.15, 0.2) is 12.5 Å². The number of aromatic nitrogens is 2. The number of hydrogen-bond acceptors (Lipinski definition) is 4. The van der Waals surface area contributed by atoms with Crippen LogP contribution in [0.4, 0.5) is 0 Å². The summed E-state index contributed by atoms with van der Waals surface area (Å²) in [6.07, 6.45) is 7.95. The van der Waals surface area contributed by atoms with Crippen LogP contribution in [0.5, 0.6) is 0 Å². The molecule has 2 aliphatic rings. The van der Waals surface area contributed by atoms with Crippen LogP contribution >= 0.6 is 0 Å². The van der Waals surface area contributed by atoms with Crippen molar-refractivity contribution in [3.05, 3.63) is 18.2 Å². The normalized spacial score (nSPS) is 26.4. The number of hydrogen-bond donors (Lipinski definition) is 1. The monoisotopic (exact) mass is 277 g/mol. The Morgan fingerprint density at radius 3 is 2.85 bits per heavy atom. The molecule has 2 unspecified atom stereocenters. The van der Waals surface area contributed by atoms with Crippen LogP contribution in [0.25, 0.3) is 0 Å². The molecule has 0 saturated carbocycles. The summed E-state index contributed by atoms with van der Waals surface area (Å²) in [4.78, 5) is 9.53. The molecular formula is C15H27N5. The van der Waals surface area contributed by atoms with E-state index in [0.717, 1.165) is 25.7 Å². The highest BCUT2D eigenvalue weighted by molar-refractivity contribution is 5.08. The number of nitrogens with two attached hydrogens (primary N) is 1. The largest absolute Gasteiger partial charge is 0.333 e. The standard InChI is InChI=1S/C15H27N5/c1-2-18-12-17-10-15(18)14(9-16)20-8-5-13(11-20)19-6-3-4-7-19/h10,12-14H,2-9,11,16H2,1H3. The third-order valence-electron chi connectivity index (χ3n) is 4.94. The molecule has 1 aromatic heterocycles. The van der Waals surface area contributed by atoms with Crippen LogP contribution in [0.1, 0.15) is 37.9 Å². The molecular weight excluding hydrogens is 250 g/mol. The summed E-state index contributed by atoms with van der Waals surface area (Å²) in [7, 11) is 0. The van der Waals surface area contributed by atoms with E-state index in [4.69, 9.17) is 5.73 Å². The molecule has 2 saturated heterocycles. The van der Waals surface area contributed by atoms with Crippen molar-refractivity contribution >= 4 is 0 Å². The Bertz CT molecular complexity index is 424. The van der Waals surface area contributed by atoms with Gasteiger partial charge in [0, 0.05) is 38.4 Å². The topological polar surface area (TPSA) is 50.3 Å². The van der Waals surface area contributed by atoms with Gasteiger partial charge in [0.25, 0.3) is 0 Å². The summed E-state index contributed by atoms with van der Waals surface area (Å²) in [6, 6.07) is 1.06. The number of likely N-dealkylation sites (tertiary alicyclic amines) is 2. The first-order valence-corrected chi connectivity index (χ1v) is 8.01. The summed E-state index contributed by atoms with van der Waals surface area (Å²) >= 11 is 0. The van der Waals surface area contributed by atoms with Crippen molar-refractivity contribution in [1.29, 1.82) is 0 Å². The quantitative estimate of drug-likeness (QED) is 0.875. The zero-order valence-electron chi connectivity index (χ0n) is 12.5. The maximum absolute atomic E-state index is 6.07. The van der Waals surface area contributed by atoms with Gasteiger partial charge in [0.15, 0.2) is 0 Å². The van der Waals surface area contributed by atoms with Crippen LogP contribution in [0.3, 0.4) is 0 Å². The van der Waals surface area contributed by atoms with Gasteiger partial charge in [-0.15, -0.1) is 0 Å². The molecule has 2 aliphatic heterocycles. The van der Waals surface area contributed by atoms with Crippen molar-refractivity contribution in [2.45, 2.75) is 44.8 Å². The van der Waals surface area contributed by atoms with Gasteiger partial charge >= 0.3 is 0 Å². The zero-order chi connectivity index (χ0) is 13.9. The van der Waals surface area contributed by atoms with Gasteiger partial charge in [-0.25, -0.2) is 4.98 Å². The van der Waals surface area contributed by atoms with Crippen LogP contribution in [0, 0.1) is 0 Å². The highest BCUT2D eigenvalue weighted by Gasteiger charge is 2.33. The van der Waals surface area contributed by atoms with Crippen LogP contribution < -0.4 is 5.73 Å². The van der Waals surface area contributed by atoms with E-state index in [1.54, 1.807) is 0 Å². The molecule has 0 bridgehead atoms. The SMILES string of the molecule is CCn1cncc1C(CN)N1CCC(N2CCCC2)C1. The fourth-order valence-electron chi connectivity index (χ4n) is 3.79. The van der Waals surface area contributed by atoms with Gasteiger partial charge in [-0.3, -0.25) is 9.80 Å². The number of rotatable bonds is 5. The van der Waals surface area contributed by atoms with Gasteiger partial charge in [-0.1, -0.05) is 0 Å². The van der Waals surface area contributed by atoms with Gasteiger partial charge in [0.05, 0.1) is 18.1 Å². The first-order chi connectivity index (χ1) is 9.83. The number of nitrogens with zero attached hydrogens (tertiary/aromatic N) is 4. The molecule has 0 aliphatic carbocycles. The van der Waals surface area contributed by atoms with E-state index in [2.05, 4.69) is 26.3 Å². The molecule has 0 radical (unpaired) electrons. The zero-order valence-corrected chi connectivity index (χ0v) is 12.5. The minimum Gasteiger partial charge on any atom is -0.333 e. The average molecular weight is 277 g/mol. The molecule has 2 atom stereocenters. The van der Waals surface area contributed by atoms with Crippen molar-refractivity contribution in [3.63, 3.8) is 0 Å². The van der Waals surface area contributed by atoms with Gasteiger partial charge in [-0.2, -0.15) is 0 Å². The fraction of sp³-hybridized carbons (Fsp3) is 0.800. The minimum absolute atomic E-state index is 0.324. The predicted molar refractivity (Wildman–Crippen MR) is 80.5 cm³/mol. The summed E-state index contributed by atoms with van der Waals surface area (Å²) < 4.78 is 2.22. The van der Waals surface area contributed by atoms with Crippen molar-refractivity contribution in [1.82, 2.24) is 19.4 Å². The lowest BCUT2D eigenvalue weighted by atomic mass is 10.2. The highest BCUT2D eigenvalue weighted by atomic mass is 15.3. The lowest BCUT2D eigenvalue weighted by Crippen LogP contribution is -2.38. The molecule has 3 heterocycles. The van der Waals surface area contributed by atoms with E-state index in [-0.39, 0.29) is 0 Å². The summed E-state index contributed by atoms with van der Waals surface area (Å²) in [5, 5.41) is 0.